The van der Waals surface area contributed by atoms with Crippen molar-refractivity contribution >= 4 is 33.3 Å². The molecule has 2 aromatic carbocycles. The van der Waals surface area contributed by atoms with Crippen molar-refractivity contribution in [2.75, 3.05) is 11.9 Å². The van der Waals surface area contributed by atoms with Gasteiger partial charge in [-0.2, -0.15) is 0 Å². The fourth-order valence-corrected chi connectivity index (χ4v) is 3.06. The highest BCUT2D eigenvalue weighted by Gasteiger charge is 2.16. The number of furan rings is 1. The molecule has 0 unspecified atom stereocenters. The molecule has 1 amide bonds. The lowest BCUT2D eigenvalue weighted by molar-refractivity contribution is -0.384. The van der Waals surface area contributed by atoms with Crippen molar-refractivity contribution in [3.8, 4) is 11.3 Å². The number of anilines is 1. The number of nitro benzene ring substituents is 1. The molecule has 0 aliphatic rings. The quantitative estimate of drug-likeness (QED) is 0.317. The molecule has 12 heteroatoms. The molecule has 0 aliphatic heterocycles. The summed E-state index contributed by atoms with van der Waals surface area (Å²) in [5.41, 5.74) is 0.582. The van der Waals surface area contributed by atoms with Gasteiger partial charge in [0.1, 0.15) is 5.76 Å². The van der Waals surface area contributed by atoms with Crippen molar-refractivity contribution in [3.63, 3.8) is 0 Å². The number of sulfonamides is 1. The standard InChI is InChI=1S/C19H15N3O8S/c20-31(27,28)15-3-1-2-13(10-15)21-18(23)11-29-19(24)17-9-8-16(30-17)12-4-6-14(7-5-12)22(25)26/h1-10H,11H2,(H,21,23)(H2,20,27,28). The van der Waals surface area contributed by atoms with Crippen LogP contribution in [0.3, 0.4) is 0 Å². The zero-order chi connectivity index (χ0) is 22.6. The summed E-state index contributed by atoms with van der Waals surface area (Å²) in [5, 5.41) is 18.1. The predicted octanol–water partition coefficient (Wildman–Crippen LogP) is 2.30. The minimum Gasteiger partial charge on any atom is -0.450 e. The van der Waals surface area contributed by atoms with Gasteiger partial charge >= 0.3 is 5.97 Å². The van der Waals surface area contributed by atoms with Crippen LogP contribution in [0.2, 0.25) is 0 Å². The predicted molar refractivity (Wildman–Crippen MR) is 108 cm³/mol. The number of rotatable bonds is 7. The lowest BCUT2D eigenvalue weighted by Gasteiger charge is -2.07. The van der Waals surface area contributed by atoms with Gasteiger partial charge in [-0.25, -0.2) is 18.4 Å². The van der Waals surface area contributed by atoms with Gasteiger partial charge in [0.15, 0.2) is 6.61 Å². The van der Waals surface area contributed by atoms with Gasteiger partial charge in [0, 0.05) is 23.4 Å². The molecule has 3 rings (SSSR count). The Hall–Kier alpha value is -4.03. The molecule has 3 N–H and O–H groups in total. The Morgan fingerprint density at radius 2 is 1.81 bits per heavy atom. The summed E-state index contributed by atoms with van der Waals surface area (Å²) in [6.07, 6.45) is 0. The summed E-state index contributed by atoms with van der Waals surface area (Å²) in [5.74, 6) is -1.49. The first-order valence-corrected chi connectivity index (χ1v) is 10.1. The van der Waals surface area contributed by atoms with Crippen LogP contribution in [0.15, 0.2) is 70.0 Å². The largest absolute Gasteiger partial charge is 0.450 e. The number of carbonyl (C=O) groups excluding carboxylic acids is 2. The topological polar surface area (TPSA) is 172 Å². The highest BCUT2D eigenvalue weighted by molar-refractivity contribution is 7.89. The van der Waals surface area contributed by atoms with Gasteiger partial charge in [0.25, 0.3) is 11.6 Å². The molecule has 0 saturated heterocycles. The molecular weight excluding hydrogens is 430 g/mol. The number of nitrogens with zero attached hydrogens (tertiary/aromatic N) is 1. The van der Waals surface area contributed by atoms with E-state index in [1.807, 2.05) is 0 Å². The third-order valence-corrected chi connectivity index (χ3v) is 4.86. The number of primary sulfonamides is 1. The summed E-state index contributed by atoms with van der Waals surface area (Å²) >= 11 is 0. The van der Waals surface area contributed by atoms with Gasteiger partial charge in [-0.05, 0) is 42.5 Å². The van der Waals surface area contributed by atoms with Crippen LogP contribution in [-0.4, -0.2) is 31.8 Å². The molecule has 11 nitrogen and oxygen atoms in total. The molecule has 3 aromatic rings. The smallest absolute Gasteiger partial charge is 0.374 e. The van der Waals surface area contributed by atoms with Crippen LogP contribution < -0.4 is 10.5 Å². The normalized spacial score (nSPS) is 11.0. The summed E-state index contributed by atoms with van der Waals surface area (Å²) in [4.78, 5) is 34.0. The van der Waals surface area contributed by atoms with E-state index in [0.29, 0.717) is 5.56 Å². The molecule has 0 radical (unpaired) electrons. The third-order valence-electron chi connectivity index (χ3n) is 3.95. The fourth-order valence-electron chi connectivity index (χ4n) is 2.50. The van der Waals surface area contributed by atoms with E-state index in [9.17, 15) is 28.1 Å². The Morgan fingerprint density at radius 1 is 1.10 bits per heavy atom. The number of amides is 1. The molecule has 1 aromatic heterocycles. The van der Waals surface area contributed by atoms with Gasteiger partial charge in [-0.3, -0.25) is 14.9 Å². The zero-order valence-electron chi connectivity index (χ0n) is 15.7. The second kappa shape index (κ2) is 8.77. The Labute approximate surface area is 175 Å². The summed E-state index contributed by atoms with van der Waals surface area (Å²) < 4.78 is 33.0. The maximum absolute atomic E-state index is 12.1. The monoisotopic (exact) mass is 445 g/mol. The molecule has 1 heterocycles. The Bertz CT molecular complexity index is 1250. The number of esters is 1. The highest BCUT2D eigenvalue weighted by atomic mass is 32.2. The number of carbonyl (C=O) groups is 2. The van der Waals surface area contributed by atoms with Crippen LogP contribution in [0.25, 0.3) is 11.3 Å². The Morgan fingerprint density at radius 3 is 2.45 bits per heavy atom. The lowest BCUT2D eigenvalue weighted by Crippen LogP contribution is -2.21. The third kappa shape index (κ3) is 5.52. The van der Waals surface area contributed by atoms with Crippen LogP contribution in [0.5, 0.6) is 0 Å². The first-order chi connectivity index (χ1) is 14.6. The number of nitro groups is 1. The Balaban J connectivity index is 1.59. The van der Waals surface area contributed by atoms with E-state index in [1.165, 1.54) is 54.6 Å². The van der Waals surface area contributed by atoms with Crippen molar-refractivity contribution in [2.24, 2.45) is 5.14 Å². The second-order valence-corrected chi connectivity index (χ2v) is 7.73. The number of hydrogen-bond acceptors (Lipinski definition) is 8. The van der Waals surface area contributed by atoms with Gasteiger partial charge < -0.3 is 14.5 Å². The van der Waals surface area contributed by atoms with Crippen LogP contribution in [0, 0.1) is 10.1 Å². The van der Waals surface area contributed by atoms with E-state index in [2.05, 4.69) is 5.32 Å². The SMILES string of the molecule is NS(=O)(=O)c1cccc(NC(=O)COC(=O)c2ccc(-c3ccc([N+](=O)[O-])cc3)o2)c1. The van der Waals surface area contributed by atoms with E-state index in [0.717, 1.165) is 6.07 Å². The number of hydrogen-bond donors (Lipinski definition) is 2. The first kappa shape index (κ1) is 21.7. The average molecular weight is 445 g/mol. The van der Waals surface area contributed by atoms with E-state index in [-0.39, 0.29) is 27.8 Å². The van der Waals surface area contributed by atoms with Gasteiger partial charge in [-0.1, -0.05) is 6.07 Å². The van der Waals surface area contributed by atoms with E-state index >= 15 is 0 Å². The zero-order valence-corrected chi connectivity index (χ0v) is 16.5. The lowest BCUT2D eigenvalue weighted by atomic mass is 10.1. The minimum absolute atomic E-state index is 0.0875. The minimum atomic E-state index is -3.93. The molecule has 0 saturated carbocycles. The van der Waals surface area contributed by atoms with Crippen LogP contribution in [-0.2, 0) is 19.6 Å². The van der Waals surface area contributed by atoms with Crippen molar-refractivity contribution < 1.29 is 32.1 Å². The molecule has 0 aliphatic carbocycles. The van der Waals surface area contributed by atoms with Crippen molar-refractivity contribution in [2.45, 2.75) is 4.90 Å². The van der Waals surface area contributed by atoms with Crippen molar-refractivity contribution in [3.05, 3.63) is 76.5 Å². The molecule has 0 bridgehead atoms. The molecular formula is C19H15N3O8S. The number of nitrogens with one attached hydrogen (secondary N) is 1. The van der Waals surface area contributed by atoms with E-state index < -0.39 is 33.4 Å². The number of non-ortho nitro benzene ring substituents is 1. The number of nitrogens with two attached hydrogens (primary N) is 1. The Kier molecular flexibility index (Phi) is 6.13. The van der Waals surface area contributed by atoms with Crippen molar-refractivity contribution in [1.29, 1.82) is 0 Å². The molecule has 0 atom stereocenters. The van der Waals surface area contributed by atoms with Gasteiger partial charge in [-0.15, -0.1) is 0 Å². The first-order valence-electron chi connectivity index (χ1n) is 8.58. The summed E-state index contributed by atoms with van der Waals surface area (Å²) in [6.45, 7) is -0.647. The average Bonchev–Trinajstić information content (AvgIpc) is 3.22. The molecule has 0 fully saturated rings. The van der Waals surface area contributed by atoms with Crippen molar-refractivity contribution in [1.82, 2.24) is 0 Å². The summed E-state index contributed by atoms with van der Waals surface area (Å²) in [6, 6.07) is 13.6. The molecule has 0 spiro atoms. The van der Waals surface area contributed by atoms with Crippen LogP contribution in [0.1, 0.15) is 10.6 Å². The molecule has 160 valence electrons. The van der Waals surface area contributed by atoms with E-state index in [4.69, 9.17) is 14.3 Å². The van der Waals surface area contributed by atoms with Crippen LogP contribution >= 0.6 is 0 Å². The maximum Gasteiger partial charge on any atom is 0.374 e. The number of benzene rings is 2. The van der Waals surface area contributed by atoms with Gasteiger partial charge in [0.2, 0.25) is 15.8 Å². The summed E-state index contributed by atoms with van der Waals surface area (Å²) in [7, 11) is -3.93. The van der Waals surface area contributed by atoms with E-state index in [1.54, 1.807) is 0 Å². The second-order valence-electron chi connectivity index (χ2n) is 6.17. The fraction of sp³-hybridized carbons (Fsp3) is 0.0526. The number of ether oxygens (including phenoxy) is 1. The molecule has 31 heavy (non-hydrogen) atoms. The van der Waals surface area contributed by atoms with Crippen LogP contribution in [0.4, 0.5) is 11.4 Å². The maximum atomic E-state index is 12.1. The van der Waals surface area contributed by atoms with Gasteiger partial charge in [0.05, 0.1) is 9.82 Å². The highest BCUT2D eigenvalue weighted by Crippen LogP contribution is 2.25.